The van der Waals surface area contributed by atoms with Gasteiger partial charge in [0.1, 0.15) is 11.0 Å². The fraction of sp³-hybridized carbons (Fsp3) is 0. The number of hydrogen-bond donors (Lipinski definition) is 0. The lowest BCUT2D eigenvalue weighted by Crippen LogP contribution is -1.87. The summed E-state index contributed by atoms with van der Waals surface area (Å²) in [5, 5.41) is 14.1. The molecule has 4 heterocycles. The minimum Gasteiger partial charge on any atom is -0.240 e. The van der Waals surface area contributed by atoms with E-state index in [-0.39, 0.29) is 0 Å². The third-order valence-corrected chi connectivity index (χ3v) is 5.03. The molecule has 0 spiro atoms. The number of rotatable bonds is 0. The summed E-state index contributed by atoms with van der Waals surface area (Å²) in [6.45, 7) is 0. The molecule has 0 aliphatic rings. The first-order valence-electron chi connectivity index (χ1n) is 5.58. The Morgan fingerprint density at radius 1 is 0.789 bits per heavy atom. The third-order valence-electron chi connectivity index (χ3n) is 3.16. The van der Waals surface area contributed by atoms with E-state index in [9.17, 15) is 0 Å². The van der Waals surface area contributed by atoms with Crippen molar-refractivity contribution in [1.82, 2.24) is 20.3 Å². The van der Waals surface area contributed by atoms with E-state index in [1.54, 1.807) is 22.7 Å². The molecular weight excluding hydrogens is 280 g/mol. The molecule has 0 fully saturated rings. The molecule has 4 aromatic heterocycles. The van der Waals surface area contributed by atoms with Crippen LogP contribution in [0.4, 0.5) is 0 Å². The molecule has 0 atom stereocenters. The molecule has 5 nitrogen and oxygen atoms in total. The monoisotopic (exact) mass is 284 g/mol. The maximum atomic E-state index is 4.70. The first-order chi connectivity index (χ1) is 9.42. The zero-order chi connectivity index (χ0) is 12.4. The van der Waals surface area contributed by atoms with Gasteiger partial charge in [0.25, 0.3) is 0 Å². The van der Waals surface area contributed by atoms with Crippen LogP contribution >= 0.6 is 22.7 Å². The average Bonchev–Trinajstić information content (AvgIpc) is 3.15. The summed E-state index contributed by atoms with van der Waals surface area (Å²) >= 11 is 3.39. The second-order valence-corrected chi connectivity index (χ2v) is 5.99. The summed E-state index contributed by atoms with van der Waals surface area (Å²) < 4.78 is 7.09. The zero-order valence-electron chi connectivity index (χ0n) is 9.32. The molecule has 0 aliphatic carbocycles. The van der Waals surface area contributed by atoms with Gasteiger partial charge in [-0.15, -0.1) is 22.7 Å². The largest absolute Gasteiger partial charge is 0.244 e. The number of aromatic nitrogens is 4. The Bertz CT molecular complexity index is 991. The second kappa shape index (κ2) is 3.25. The van der Waals surface area contributed by atoms with Gasteiger partial charge in [-0.1, -0.05) is 0 Å². The number of thiophene rings is 2. The Morgan fingerprint density at radius 2 is 1.47 bits per heavy atom. The SMILES string of the molecule is c1cc2c3nc4nonc4nc3c3sccc3c2s1. The van der Waals surface area contributed by atoms with Gasteiger partial charge >= 0.3 is 0 Å². The predicted molar refractivity (Wildman–Crippen MR) is 75.7 cm³/mol. The fourth-order valence-corrected chi connectivity index (χ4v) is 4.24. The van der Waals surface area contributed by atoms with Crippen LogP contribution in [0.5, 0.6) is 0 Å². The molecule has 0 saturated heterocycles. The lowest BCUT2D eigenvalue weighted by atomic mass is 10.1. The summed E-state index contributed by atoms with van der Waals surface area (Å²) in [5.41, 5.74) is 2.65. The van der Waals surface area contributed by atoms with Crippen LogP contribution in [-0.2, 0) is 0 Å². The van der Waals surface area contributed by atoms with Gasteiger partial charge in [0, 0.05) is 15.5 Å². The maximum Gasteiger partial charge on any atom is 0.244 e. The van der Waals surface area contributed by atoms with Gasteiger partial charge in [0.05, 0.1) is 4.70 Å². The standard InChI is InChI=1S/C12H4N4OS2/c1-3-18-9-5(1)7-8(10-6(9)2-4-19-10)14-12-11(13-7)15-17-16-12/h1-4H. The van der Waals surface area contributed by atoms with Crippen LogP contribution in [-0.4, -0.2) is 20.3 Å². The highest BCUT2D eigenvalue weighted by Gasteiger charge is 2.15. The molecule has 0 unspecified atom stereocenters. The molecule has 5 rings (SSSR count). The van der Waals surface area contributed by atoms with E-state index in [2.05, 4.69) is 43.2 Å². The van der Waals surface area contributed by atoms with Gasteiger partial charge in [-0.25, -0.2) is 14.6 Å². The third kappa shape index (κ3) is 1.14. The molecule has 1 aromatic carbocycles. The van der Waals surface area contributed by atoms with E-state index >= 15 is 0 Å². The number of benzene rings is 1. The molecule has 7 heteroatoms. The summed E-state index contributed by atoms with van der Waals surface area (Å²) in [5.74, 6) is 0. The molecule has 19 heavy (non-hydrogen) atoms. The molecule has 5 aromatic rings. The zero-order valence-corrected chi connectivity index (χ0v) is 11.0. The van der Waals surface area contributed by atoms with Gasteiger partial charge < -0.3 is 0 Å². The van der Waals surface area contributed by atoms with E-state index in [0.717, 1.165) is 21.1 Å². The van der Waals surface area contributed by atoms with Crippen molar-refractivity contribution >= 4 is 65.2 Å². The smallest absolute Gasteiger partial charge is 0.240 e. The predicted octanol–water partition coefficient (Wildman–Crippen LogP) is 3.60. The molecule has 0 saturated carbocycles. The maximum absolute atomic E-state index is 4.70. The van der Waals surface area contributed by atoms with Gasteiger partial charge in [-0.05, 0) is 33.2 Å². The normalized spacial score (nSPS) is 12.2. The van der Waals surface area contributed by atoms with Gasteiger partial charge in [-0.2, -0.15) is 0 Å². The van der Waals surface area contributed by atoms with Crippen LogP contribution in [0.1, 0.15) is 0 Å². The molecule has 0 bridgehead atoms. The van der Waals surface area contributed by atoms with Crippen molar-refractivity contribution in [3.8, 4) is 0 Å². The molecule has 0 N–H and O–H groups in total. The van der Waals surface area contributed by atoms with Crippen LogP contribution in [0.3, 0.4) is 0 Å². The summed E-state index contributed by atoms with van der Waals surface area (Å²) in [6.07, 6.45) is 0. The van der Waals surface area contributed by atoms with Crippen LogP contribution < -0.4 is 0 Å². The van der Waals surface area contributed by atoms with E-state index in [1.807, 2.05) is 0 Å². The summed E-state index contributed by atoms with van der Waals surface area (Å²) in [6, 6.07) is 4.21. The fourth-order valence-electron chi connectivity index (χ4n) is 2.36. The number of hydrogen-bond acceptors (Lipinski definition) is 7. The van der Waals surface area contributed by atoms with Gasteiger partial charge in [0.15, 0.2) is 0 Å². The van der Waals surface area contributed by atoms with Gasteiger partial charge in [0.2, 0.25) is 11.3 Å². The molecular formula is C12H4N4OS2. The lowest BCUT2D eigenvalue weighted by Gasteiger charge is -2.00. The highest BCUT2D eigenvalue weighted by Crippen LogP contribution is 2.39. The Kier molecular flexibility index (Phi) is 1.67. The van der Waals surface area contributed by atoms with Crippen LogP contribution in [0.25, 0.3) is 42.5 Å². The van der Waals surface area contributed by atoms with Crippen LogP contribution in [0, 0.1) is 0 Å². The summed E-state index contributed by atoms with van der Waals surface area (Å²) in [7, 11) is 0. The van der Waals surface area contributed by atoms with E-state index in [0.29, 0.717) is 11.3 Å². The Labute approximate surface area is 113 Å². The summed E-state index contributed by atoms with van der Waals surface area (Å²) in [4.78, 5) is 9.10. The van der Waals surface area contributed by atoms with Crippen molar-refractivity contribution in [1.29, 1.82) is 0 Å². The van der Waals surface area contributed by atoms with Gasteiger partial charge in [-0.3, -0.25) is 0 Å². The van der Waals surface area contributed by atoms with Crippen molar-refractivity contribution in [3.63, 3.8) is 0 Å². The molecule has 0 amide bonds. The van der Waals surface area contributed by atoms with Crippen molar-refractivity contribution in [2.24, 2.45) is 0 Å². The minimum absolute atomic E-state index is 0.455. The first kappa shape index (κ1) is 9.76. The van der Waals surface area contributed by atoms with Crippen molar-refractivity contribution < 1.29 is 4.63 Å². The molecule has 0 radical (unpaired) electrons. The quantitative estimate of drug-likeness (QED) is 0.435. The van der Waals surface area contributed by atoms with Crippen LogP contribution in [0.2, 0.25) is 0 Å². The number of fused-ring (bicyclic) bond motifs is 7. The first-order valence-corrected chi connectivity index (χ1v) is 7.34. The van der Waals surface area contributed by atoms with Crippen LogP contribution in [0.15, 0.2) is 27.5 Å². The average molecular weight is 284 g/mol. The number of nitrogens with zero attached hydrogens (tertiary/aromatic N) is 4. The molecule has 0 aliphatic heterocycles. The van der Waals surface area contributed by atoms with Crippen molar-refractivity contribution in [2.75, 3.05) is 0 Å². The highest BCUT2D eigenvalue weighted by molar-refractivity contribution is 7.21. The van der Waals surface area contributed by atoms with Crippen molar-refractivity contribution in [2.45, 2.75) is 0 Å². The Balaban J connectivity index is 2.23. The second-order valence-electron chi connectivity index (χ2n) is 4.16. The van der Waals surface area contributed by atoms with E-state index in [1.165, 1.54) is 10.1 Å². The minimum atomic E-state index is 0.455. The highest BCUT2D eigenvalue weighted by atomic mass is 32.1. The van der Waals surface area contributed by atoms with Crippen molar-refractivity contribution in [3.05, 3.63) is 22.9 Å². The Hall–Kier alpha value is -2.12. The Morgan fingerprint density at radius 3 is 2.32 bits per heavy atom. The van der Waals surface area contributed by atoms with E-state index in [4.69, 9.17) is 4.63 Å². The van der Waals surface area contributed by atoms with E-state index < -0.39 is 0 Å². The molecule has 90 valence electrons. The topological polar surface area (TPSA) is 64.7 Å². The lowest BCUT2D eigenvalue weighted by molar-refractivity contribution is 0.314.